The monoisotopic (exact) mass is 281 g/mol. The van der Waals surface area contributed by atoms with E-state index in [0.29, 0.717) is 0 Å². The van der Waals surface area contributed by atoms with Crippen molar-refractivity contribution in [1.29, 1.82) is 0 Å². The summed E-state index contributed by atoms with van der Waals surface area (Å²) in [5.41, 5.74) is 0. The van der Waals surface area contributed by atoms with E-state index in [4.69, 9.17) is 30.6 Å². The van der Waals surface area contributed by atoms with Crippen LogP contribution in [0, 0.1) is 0 Å². The standard InChI is InChI=1S/C6H12O7.C4H7NO/c7-1-2(8)3(9)4(10)5(11)6(12)13;6-4-2-1-3-5-4/h2-5,7-11H,1H2,(H,12,13);1-3H2,(H,5,6). The quantitative estimate of drug-likeness (QED) is 0.271. The molecule has 1 amide bonds. The summed E-state index contributed by atoms with van der Waals surface area (Å²) in [5.74, 6) is -1.52. The molecular formula is C10H19NO8. The van der Waals surface area contributed by atoms with Gasteiger partial charge in [-0.25, -0.2) is 4.79 Å². The second-order valence-corrected chi connectivity index (χ2v) is 3.97. The molecule has 1 aliphatic rings. The summed E-state index contributed by atoms with van der Waals surface area (Å²) in [6.07, 6.45) is -6.07. The molecule has 4 unspecified atom stereocenters. The minimum absolute atomic E-state index is 0.204. The lowest BCUT2D eigenvalue weighted by molar-refractivity contribution is -0.164. The largest absolute Gasteiger partial charge is 0.479 e. The van der Waals surface area contributed by atoms with E-state index >= 15 is 0 Å². The van der Waals surface area contributed by atoms with Gasteiger partial charge in [0.25, 0.3) is 0 Å². The lowest BCUT2D eigenvalue weighted by atomic mass is 10.0. The summed E-state index contributed by atoms with van der Waals surface area (Å²) >= 11 is 0. The van der Waals surface area contributed by atoms with Crippen molar-refractivity contribution < 1.29 is 40.2 Å². The Morgan fingerprint density at radius 2 is 1.79 bits per heavy atom. The van der Waals surface area contributed by atoms with E-state index in [0.717, 1.165) is 19.4 Å². The molecule has 1 fully saturated rings. The zero-order valence-electron chi connectivity index (χ0n) is 10.1. The number of aliphatic hydroxyl groups is 5. The number of rotatable bonds is 5. The third-order valence-corrected chi connectivity index (χ3v) is 2.41. The van der Waals surface area contributed by atoms with Crippen molar-refractivity contribution in [3.63, 3.8) is 0 Å². The predicted molar refractivity (Wildman–Crippen MR) is 61.0 cm³/mol. The van der Waals surface area contributed by atoms with Gasteiger partial charge in [-0.3, -0.25) is 4.79 Å². The van der Waals surface area contributed by atoms with E-state index in [1.54, 1.807) is 0 Å². The topological polar surface area (TPSA) is 168 Å². The maximum atomic E-state index is 10.1. The van der Waals surface area contributed by atoms with Crippen LogP contribution >= 0.6 is 0 Å². The Kier molecular flexibility index (Phi) is 8.19. The van der Waals surface area contributed by atoms with Gasteiger partial charge in [0.2, 0.25) is 5.91 Å². The fourth-order valence-corrected chi connectivity index (χ4v) is 1.23. The van der Waals surface area contributed by atoms with Crippen LogP contribution in [0.1, 0.15) is 12.8 Å². The second kappa shape index (κ2) is 8.77. The van der Waals surface area contributed by atoms with Gasteiger partial charge in [0.15, 0.2) is 6.10 Å². The lowest BCUT2D eigenvalue weighted by Crippen LogP contribution is -2.48. The van der Waals surface area contributed by atoms with E-state index < -0.39 is 37.0 Å². The molecule has 0 bridgehead atoms. The Morgan fingerprint density at radius 1 is 1.21 bits per heavy atom. The summed E-state index contributed by atoms with van der Waals surface area (Å²) in [6, 6.07) is 0. The first-order valence-corrected chi connectivity index (χ1v) is 5.63. The predicted octanol–water partition coefficient (Wildman–Crippen LogP) is -3.60. The fourth-order valence-electron chi connectivity index (χ4n) is 1.23. The van der Waals surface area contributed by atoms with Crippen LogP contribution in [0.4, 0.5) is 0 Å². The fraction of sp³-hybridized carbons (Fsp3) is 0.800. The van der Waals surface area contributed by atoms with Gasteiger partial charge in [0.05, 0.1) is 6.61 Å². The number of hydrogen-bond acceptors (Lipinski definition) is 7. The number of carboxylic acid groups (broad SMARTS) is 1. The minimum atomic E-state index is -2.20. The second-order valence-electron chi connectivity index (χ2n) is 3.97. The third-order valence-electron chi connectivity index (χ3n) is 2.41. The first kappa shape index (κ1) is 17.7. The number of aliphatic carboxylic acids is 1. The molecule has 1 heterocycles. The molecular weight excluding hydrogens is 262 g/mol. The van der Waals surface area contributed by atoms with Gasteiger partial charge in [-0.05, 0) is 6.42 Å². The molecule has 1 rings (SSSR count). The Hall–Kier alpha value is -1.26. The highest BCUT2D eigenvalue weighted by molar-refractivity contribution is 5.77. The summed E-state index contributed by atoms with van der Waals surface area (Å²) in [5, 5.41) is 54.5. The zero-order valence-corrected chi connectivity index (χ0v) is 10.1. The molecule has 0 aromatic carbocycles. The van der Waals surface area contributed by atoms with Crippen molar-refractivity contribution in [2.45, 2.75) is 37.3 Å². The lowest BCUT2D eigenvalue weighted by Gasteiger charge is -2.23. The van der Waals surface area contributed by atoms with Gasteiger partial charge in [-0.2, -0.15) is 0 Å². The molecule has 19 heavy (non-hydrogen) atoms. The first-order valence-electron chi connectivity index (χ1n) is 5.63. The summed E-state index contributed by atoms with van der Waals surface area (Å²) in [6.45, 7) is 0.0450. The third kappa shape index (κ3) is 6.45. The van der Waals surface area contributed by atoms with Gasteiger partial charge in [-0.15, -0.1) is 0 Å². The van der Waals surface area contributed by atoms with Gasteiger partial charge in [0, 0.05) is 13.0 Å². The average Bonchev–Trinajstić information content (AvgIpc) is 2.86. The molecule has 9 nitrogen and oxygen atoms in total. The summed E-state index contributed by atoms with van der Waals surface area (Å²) in [4.78, 5) is 20.2. The van der Waals surface area contributed by atoms with Gasteiger partial charge in [0.1, 0.15) is 18.3 Å². The van der Waals surface area contributed by atoms with Crippen LogP contribution in [-0.4, -0.2) is 80.1 Å². The van der Waals surface area contributed by atoms with E-state index in [1.807, 2.05) is 0 Å². The molecule has 0 saturated carbocycles. The van der Waals surface area contributed by atoms with Crippen LogP contribution in [0.5, 0.6) is 0 Å². The number of amides is 1. The van der Waals surface area contributed by atoms with Crippen LogP contribution < -0.4 is 5.32 Å². The molecule has 1 aliphatic heterocycles. The van der Waals surface area contributed by atoms with E-state index in [2.05, 4.69) is 5.32 Å². The molecule has 0 spiro atoms. The minimum Gasteiger partial charge on any atom is -0.479 e. The number of nitrogens with one attached hydrogen (secondary N) is 1. The van der Waals surface area contributed by atoms with Crippen LogP contribution in [0.25, 0.3) is 0 Å². The van der Waals surface area contributed by atoms with Crippen molar-refractivity contribution in [3.8, 4) is 0 Å². The maximum Gasteiger partial charge on any atom is 0.335 e. The summed E-state index contributed by atoms with van der Waals surface area (Å²) < 4.78 is 0. The SMILES string of the molecule is O=C(O)C(O)C(O)C(O)C(O)CO.O=C1CCCN1. The first-order chi connectivity index (χ1) is 8.81. The molecule has 0 aliphatic carbocycles. The van der Waals surface area contributed by atoms with Crippen LogP contribution in [-0.2, 0) is 9.59 Å². The number of aliphatic hydroxyl groups excluding tert-OH is 5. The molecule has 4 atom stereocenters. The molecule has 0 radical (unpaired) electrons. The van der Waals surface area contributed by atoms with Crippen molar-refractivity contribution in [2.75, 3.05) is 13.2 Å². The van der Waals surface area contributed by atoms with Crippen LogP contribution in [0.15, 0.2) is 0 Å². The molecule has 112 valence electrons. The van der Waals surface area contributed by atoms with Crippen molar-refractivity contribution in [3.05, 3.63) is 0 Å². The van der Waals surface area contributed by atoms with Gasteiger partial charge < -0.3 is 36.0 Å². The van der Waals surface area contributed by atoms with Crippen molar-refractivity contribution in [1.82, 2.24) is 5.32 Å². The van der Waals surface area contributed by atoms with Crippen molar-refractivity contribution >= 4 is 11.9 Å². The highest BCUT2D eigenvalue weighted by Gasteiger charge is 2.33. The number of hydrogen-bond donors (Lipinski definition) is 7. The Morgan fingerprint density at radius 3 is 2.05 bits per heavy atom. The maximum absolute atomic E-state index is 10.1. The Bertz CT molecular complexity index is 289. The Labute approximate surface area is 109 Å². The van der Waals surface area contributed by atoms with Crippen LogP contribution in [0.2, 0.25) is 0 Å². The molecule has 7 N–H and O–H groups in total. The highest BCUT2D eigenvalue weighted by atomic mass is 16.4. The smallest absolute Gasteiger partial charge is 0.335 e. The van der Waals surface area contributed by atoms with Crippen LogP contribution in [0.3, 0.4) is 0 Å². The number of carboxylic acids is 1. The highest BCUT2D eigenvalue weighted by Crippen LogP contribution is 2.04. The van der Waals surface area contributed by atoms with E-state index in [-0.39, 0.29) is 5.91 Å². The normalized spacial score (nSPS) is 20.6. The molecule has 0 aromatic heterocycles. The van der Waals surface area contributed by atoms with E-state index in [1.165, 1.54) is 0 Å². The van der Waals surface area contributed by atoms with Crippen molar-refractivity contribution in [2.24, 2.45) is 0 Å². The van der Waals surface area contributed by atoms with Gasteiger partial charge in [-0.1, -0.05) is 0 Å². The zero-order chi connectivity index (χ0) is 15.0. The van der Waals surface area contributed by atoms with E-state index in [9.17, 15) is 9.59 Å². The average molecular weight is 281 g/mol. The Balaban J connectivity index is 0.000000443. The molecule has 1 saturated heterocycles. The molecule has 0 aromatic rings. The van der Waals surface area contributed by atoms with Gasteiger partial charge >= 0.3 is 5.97 Å². The summed E-state index contributed by atoms with van der Waals surface area (Å²) in [7, 11) is 0. The molecule has 9 heteroatoms. The number of carbonyl (C=O) groups excluding carboxylic acids is 1. The number of carbonyl (C=O) groups is 2.